The summed E-state index contributed by atoms with van der Waals surface area (Å²) < 4.78 is 32.6. The highest BCUT2D eigenvalue weighted by Gasteiger charge is 2.28. The molecular formula is C20H26N2O4S. The number of sulfonamides is 1. The van der Waals surface area contributed by atoms with Gasteiger partial charge >= 0.3 is 0 Å². The molecule has 0 aliphatic carbocycles. The number of hydrogen-bond donors (Lipinski definition) is 1. The summed E-state index contributed by atoms with van der Waals surface area (Å²) >= 11 is 0. The van der Waals surface area contributed by atoms with Gasteiger partial charge in [-0.05, 0) is 49.6 Å². The van der Waals surface area contributed by atoms with Crippen molar-refractivity contribution >= 4 is 21.6 Å². The van der Waals surface area contributed by atoms with Crippen LogP contribution in [0.5, 0.6) is 0 Å². The molecule has 7 heteroatoms. The Morgan fingerprint density at radius 1 is 1.07 bits per heavy atom. The molecule has 0 spiro atoms. The minimum absolute atomic E-state index is 0.151. The maximum absolute atomic E-state index is 13.2. The van der Waals surface area contributed by atoms with Gasteiger partial charge in [0.15, 0.2) is 0 Å². The lowest BCUT2D eigenvalue weighted by atomic mass is 10.1. The van der Waals surface area contributed by atoms with Crippen molar-refractivity contribution in [2.45, 2.75) is 25.2 Å². The van der Waals surface area contributed by atoms with Crippen LogP contribution in [-0.2, 0) is 19.6 Å². The van der Waals surface area contributed by atoms with E-state index in [-0.39, 0.29) is 17.3 Å². The second-order valence-corrected chi connectivity index (χ2v) is 8.10. The average Bonchev–Trinajstić information content (AvgIpc) is 2.66. The van der Waals surface area contributed by atoms with Gasteiger partial charge in [0.05, 0.1) is 10.6 Å². The van der Waals surface area contributed by atoms with Crippen LogP contribution in [0.3, 0.4) is 0 Å². The molecule has 0 radical (unpaired) electrons. The number of ether oxygens (including phenoxy) is 1. The van der Waals surface area contributed by atoms with Crippen molar-refractivity contribution in [3.63, 3.8) is 0 Å². The van der Waals surface area contributed by atoms with Gasteiger partial charge in [0, 0.05) is 20.3 Å². The fraction of sp³-hybridized carbons (Fsp3) is 0.350. The zero-order chi connectivity index (χ0) is 19.9. The largest absolute Gasteiger partial charge is 0.385 e. The first-order chi connectivity index (χ1) is 12.9. The van der Waals surface area contributed by atoms with E-state index in [2.05, 4.69) is 5.32 Å². The minimum atomic E-state index is -3.88. The second kappa shape index (κ2) is 9.53. The van der Waals surface area contributed by atoms with Gasteiger partial charge < -0.3 is 10.1 Å². The first-order valence-electron chi connectivity index (χ1n) is 8.77. The highest BCUT2D eigenvalue weighted by Crippen LogP contribution is 2.28. The van der Waals surface area contributed by atoms with Crippen LogP contribution >= 0.6 is 0 Å². The number of rotatable bonds is 9. The van der Waals surface area contributed by atoms with Gasteiger partial charge in [0.1, 0.15) is 6.54 Å². The van der Waals surface area contributed by atoms with Crippen molar-refractivity contribution < 1.29 is 17.9 Å². The van der Waals surface area contributed by atoms with Crippen LogP contribution in [0.15, 0.2) is 53.4 Å². The molecule has 146 valence electrons. The van der Waals surface area contributed by atoms with Gasteiger partial charge in [-0.15, -0.1) is 0 Å². The predicted molar refractivity (Wildman–Crippen MR) is 106 cm³/mol. The first kappa shape index (κ1) is 20.9. The summed E-state index contributed by atoms with van der Waals surface area (Å²) in [5.41, 5.74) is 2.29. The van der Waals surface area contributed by atoms with Crippen molar-refractivity contribution in [3.8, 4) is 0 Å². The molecule has 1 N–H and O–H groups in total. The van der Waals surface area contributed by atoms with E-state index in [4.69, 9.17) is 4.74 Å². The maximum atomic E-state index is 13.2. The smallest absolute Gasteiger partial charge is 0.264 e. The van der Waals surface area contributed by atoms with Crippen LogP contribution in [0.1, 0.15) is 17.5 Å². The molecule has 6 nitrogen and oxygen atoms in total. The van der Waals surface area contributed by atoms with Gasteiger partial charge in [0.25, 0.3) is 10.0 Å². The van der Waals surface area contributed by atoms with Crippen molar-refractivity contribution in [1.82, 2.24) is 5.32 Å². The minimum Gasteiger partial charge on any atom is -0.385 e. The van der Waals surface area contributed by atoms with Crippen molar-refractivity contribution in [3.05, 3.63) is 59.7 Å². The van der Waals surface area contributed by atoms with Crippen molar-refractivity contribution in [2.24, 2.45) is 0 Å². The fourth-order valence-corrected chi connectivity index (χ4v) is 4.16. The van der Waals surface area contributed by atoms with Crippen LogP contribution in [0.4, 0.5) is 5.69 Å². The zero-order valence-corrected chi connectivity index (χ0v) is 16.8. The lowest BCUT2D eigenvalue weighted by Crippen LogP contribution is -2.41. The van der Waals surface area contributed by atoms with Crippen LogP contribution < -0.4 is 9.62 Å². The van der Waals surface area contributed by atoms with E-state index >= 15 is 0 Å². The highest BCUT2D eigenvalue weighted by molar-refractivity contribution is 7.92. The summed E-state index contributed by atoms with van der Waals surface area (Å²) in [4.78, 5) is 12.6. The molecule has 0 heterocycles. The SMILES string of the molecule is COCCCNC(=O)CN(c1cccc(C)c1C)S(=O)(=O)c1ccccc1. The van der Waals surface area contributed by atoms with Crippen LogP contribution in [0.2, 0.25) is 0 Å². The third-order valence-corrected chi connectivity index (χ3v) is 6.08. The van der Waals surface area contributed by atoms with Gasteiger partial charge in [-0.3, -0.25) is 9.10 Å². The van der Waals surface area contributed by atoms with Gasteiger partial charge in [-0.25, -0.2) is 8.42 Å². The van der Waals surface area contributed by atoms with Crippen molar-refractivity contribution in [1.29, 1.82) is 0 Å². The molecule has 2 aromatic carbocycles. The molecule has 0 bridgehead atoms. The molecule has 2 rings (SSSR count). The number of amides is 1. The lowest BCUT2D eigenvalue weighted by molar-refractivity contribution is -0.119. The molecule has 0 fully saturated rings. The molecule has 0 aliphatic rings. The molecule has 0 aromatic heterocycles. The van der Waals surface area contributed by atoms with E-state index < -0.39 is 10.0 Å². The zero-order valence-electron chi connectivity index (χ0n) is 15.9. The van der Waals surface area contributed by atoms with E-state index in [9.17, 15) is 13.2 Å². The van der Waals surface area contributed by atoms with E-state index in [1.165, 1.54) is 16.4 Å². The number of hydrogen-bond acceptors (Lipinski definition) is 4. The number of carbonyl (C=O) groups is 1. The molecule has 0 aliphatic heterocycles. The number of nitrogens with one attached hydrogen (secondary N) is 1. The number of nitrogens with zero attached hydrogens (tertiary/aromatic N) is 1. The third-order valence-electron chi connectivity index (χ3n) is 4.31. The molecule has 27 heavy (non-hydrogen) atoms. The molecular weight excluding hydrogens is 364 g/mol. The molecule has 2 aromatic rings. The topological polar surface area (TPSA) is 75.7 Å². The van der Waals surface area contributed by atoms with Crippen LogP contribution in [-0.4, -0.2) is 41.1 Å². The van der Waals surface area contributed by atoms with Gasteiger partial charge in [-0.2, -0.15) is 0 Å². The Balaban J connectivity index is 2.35. The normalized spacial score (nSPS) is 11.2. The Bertz CT molecular complexity index is 867. The molecule has 0 atom stereocenters. The Kier molecular flexibility index (Phi) is 7.38. The van der Waals surface area contributed by atoms with Crippen molar-refractivity contribution in [2.75, 3.05) is 31.1 Å². The monoisotopic (exact) mass is 390 g/mol. The van der Waals surface area contributed by atoms with E-state index in [1.54, 1.807) is 37.4 Å². The van der Waals surface area contributed by atoms with Gasteiger partial charge in [0.2, 0.25) is 5.91 Å². The standard InChI is InChI=1S/C20H26N2O4S/c1-16-9-7-12-19(17(16)2)22(15-20(23)21-13-8-14-26-3)27(24,25)18-10-5-4-6-11-18/h4-7,9-12H,8,13-15H2,1-3H3,(H,21,23). The van der Waals surface area contributed by atoms with Crippen LogP contribution in [0, 0.1) is 13.8 Å². The summed E-state index contributed by atoms with van der Waals surface area (Å²) in [6.45, 7) is 4.45. The van der Waals surface area contributed by atoms with E-state index in [0.29, 0.717) is 25.3 Å². The first-order valence-corrected chi connectivity index (χ1v) is 10.2. The summed E-state index contributed by atoms with van der Waals surface area (Å²) in [6, 6.07) is 13.6. The average molecular weight is 391 g/mol. The predicted octanol–water partition coefficient (Wildman–Crippen LogP) is 2.65. The number of carbonyl (C=O) groups excluding carboxylic acids is 1. The number of anilines is 1. The third kappa shape index (κ3) is 5.30. The molecule has 0 unspecified atom stereocenters. The number of aryl methyl sites for hydroxylation is 1. The molecule has 1 amide bonds. The van der Waals surface area contributed by atoms with E-state index in [1.807, 2.05) is 19.9 Å². The Labute approximate surface area is 161 Å². The summed E-state index contributed by atoms with van der Waals surface area (Å²) in [5.74, 6) is -0.355. The maximum Gasteiger partial charge on any atom is 0.264 e. The Morgan fingerprint density at radius 3 is 2.44 bits per heavy atom. The summed E-state index contributed by atoms with van der Waals surface area (Å²) in [5, 5.41) is 2.75. The number of benzene rings is 2. The quantitative estimate of drug-likeness (QED) is 0.668. The van der Waals surface area contributed by atoms with E-state index in [0.717, 1.165) is 11.1 Å². The molecule has 0 saturated heterocycles. The summed E-state index contributed by atoms with van der Waals surface area (Å²) in [7, 11) is -2.28. The number of methoxy groups -OCH3 is 1. The highest BCUT2D eigenvalue weighted by atomic mass is 32.2. The van der Waals surface area contributed by atoms with Crippen LogP contribution in [0.25, 0.3) is 0 Å². The Morgan fingerprint density at radius 2 is 1.78 bits per heavy atom. The summed E-state index contributed by atoms with van der Waals surface area (Å²) in [6.07, 6.45) is 0.664. The lowest BCUT2D eigenvalue weighted by Gasteiger charge is -2.26. The second-order valence-electron chi connectivity index (χ2n) is 6.24. The van der Waals surface area contributed by atoms with Gasteiger partial charge in [-0.1, -0.05) is 30.3 Å². The fourth-order valence-electron chi connectivity index (χ4n) is 2.66. The Hall–Kier alpha value is -2.38. The molecule has 0 saturated carbocycles.